The molecule has 0 radical (unpaired) electrons. The van der Waals surface area contributed by atoms with Gasteiger partial charge < -0.3 is 4.90 Å². The smallest absolute Gasteiger partial charge is 0.250 e. The van der Waals surface area contributed by atoms with Crippen molar-refractivity contribution in [3.8, 4) is 0 Å². The van der Waals surface area contributed by atoms with Crippen LogP contribution in [0.25, 0.3) is 0 Å². The summed E-state index contributed by atoms with van der Waals surface area (Å²) in [5.41, 5.74) is 3.86. The van der Waals surface area contributed by atoms with Crippen LogP contribution in [0.15, 0.2) is 47.6 Å². The fraction of sp³-hybridized carbons (Fsp3) is 0.519. The molecular weight excluding hydrogens is 386 g/mol. The number of piperidine rings is 1. The first-order valence-electron chi connectivity index (χ1n) is 11.9. The van der Waals surface area contributed by atoms with Crippen molar-refractivity contribution in [3.05, 3.63) is 58.7 Å². The zero-order valence-corrected chi connectivity index (χ0v) is 18.9. The van der Waals surface area contributed by atoms with Gasteiger partial charge in [-0.3, -0.25) is 14.4 Å². The molecule has 164 valence electrons. The number of hydrogen-bond acceptors (Lipinski definition) is 3. The van der Waals surface area contributed by atoms with Gasteiger partial charge in [0.15, 0.2) is 11.6 Å². The minimum Gasteiger partial charge on any atom is -0.339 e. The van der Waals surface area contributed by atoms with Crippen LogP contribution < -0.4 is 0 Å². The Balaban J connectivity index is 0.00000112. The molecule has 1 saturated heterocycles. The summed E-state index contributed by atoms with van der Waals surface area (Å²) >= 11 is 0. The summed E-state index contributed by atoms with van der Waals surface area (Å²) < 4.78 is 0. The zero-order chi connectivity index (χ0) is 22.1. The summed E-state index contributed by atoms with van der Waals surface area (Å²) in [5, 5.41) is 0. The molecule has 0 N–H and O–H groups in total. The molecular formula is C27H33NO3. The highest BCUT2D eigenvalue weighted by molar-refractivity contribution is 6.01. The second-order valence-electron chi connectivity index (χ2n) is 9.08. The second kappa shape index (κ2) is 8.94. The normalized spacial score (nSPS) is 24.8. The number of nitrogens with zero attached hydrogens (tertiary/aromatic N) is 1. The molecule has 31 heavy (non-hydrogen) atoms. The molecule has 5 rings (SSSR count). The van der Waals surface area contributed by atoms with E-state index in [1.54, 1.807) is 6.92 Å². The van der Waals surface area contributed by atoms with E-state index in [9.17, 15) is 14.4 Å². The maximum atomic E-state index is 13.0. The van der Waals surface area contributed by atoms with Gasteiger partial charge in [0, 0.05) is 30.1 Å². The highest BCUT2D eigenvalue weighted by Gasteiger charge is 2.48. The second-order valence-corrected chi connectivity index (χ2v) is 9.08. The van der Waals surface area contributed by atoms with Gasteiger partial charge in [0.25, 0.3) is 0 Å². The van der Waals surface area contributed by atoms with E-state index in [0.29, 0.717) is 19.0 Å². The van der Waals surface area contributed by atoms with Gasteiger partial charge in [0.1, 0.15) is 0 Å². The van der Waals surface area contributed by atoms with Crippen molar-refractivity contribution in [2.45, 2.75) is 58.8 Å². The van der Waals surface area contributed by atoms with Crippen molar-refractivity contribution in [1.29, 1.82) is 0 Å². The largest absolute Gasteiger partial charge is 0.339 e. The number of ketones is 2. The number of Topliss-reactive ketones (excluding diaryl/α,β-unsaturated/α-hetero) is 2. The van der Waals surface area contributed by atoms with E-state index in [1.165, 1.54) is 18.4 Å². The Morgan fingerprint density at radius 3 is 2.00 bits per heavy atom. The topological polar surface area (TPSA) is 54.5 Å². The first kappa shape index (κ1) is 21.7. The van der Waals surface area contributed by atoms with Gasteiger partial charge in [0.2, 0.25) is 5.91 Å². The van der Waals surface area contributed by atoms with Crippen LogP contribution in [0.4, 0.5) is 0 Å². The minimum absolute atomic E-state index is 0.00375. The van der Waals surface area contributed by atoms with Crippen LogP contribution in [-0.4, -0.2) is 35.5 Å². The highest BCUT2D eigenvalue weighted by atomic mass is 16.2. The highest BCUT2D eigenvalue weighted by Crippen LogP contribution is 2.52. The quantitative estimate of drug-likeness (QED) is 0.624. The van der Waals surface area contributed by atoms with Crippen LogP contribution in [-0.2, 0) is 9.59 Å². The molecule has 0 aromatic heterocycles. The minimum atomic E-state index is 0.00375. The summed E-state index contributed by atoms with van der Waals surface area (Å²) in [6, 6.07) is 8.17. The monoisotopic (exact) mass is 419 g/mol. The van der Waals surface area contributed by atoms with Gasteiger partial charge in [-0.2, -0.15) is 0 Å². The summed E-state index contributed by atoms with van der Waals surface area (Å²) in [7, 11) is 0. The van der Waals surface area contributed by atoms with Crippen molar-refractivity contribution in [1.82, 2.24) is 4.90 Å². The summed E-state index contributed by atoms with van der Waals surface area (Å²) in [6.45, 7) is 6.87. The molecule has 0 spiro atoms. The molecule has 4 nitrogen and oxygen atoms in total. The third-order valence-electron chi connectivity index (χ3n) is 7.08. The Morgan fingerprint density at radius 1 is 0.839 bits per heavy atom. The lowest BCUT2D eigenvalue weighted by Gasteiger charge is -2.32. The molecule has 1 aromatic carbocycles. The number of carbonyl (C=O) groups is 3. The van der Waals surface area contributed by atoms with Gasteiger partial charge in [-0.15, -0.1) is 0 Å². The number of allylic oxidation sites excluding steroid dienone is 3. The van der Waals surface area contributed by atoms with Crippen LogP contribution >= 0.6 is 0 Å². The van der Waals surface area contributed by atoms with E-state index in [-0.39, 0.29) is 35.2 Å². The van der Waals surface area contributed by atoms with Crippen LogP contribution in [0.2, 0.25) is 0 Å². The van der Waals surface area contributed by atoms with E-state index in [0.717, 1.165) is 36.0 Å². The summed E-state index contributed by atoms with van der Waals surface area (Å²) in [5.74, 6) is 1.59. The van der Waals surface area contributed by atoms with Crippen LogP contribution in [0.3, 0.4) is 0 Å². The fourth-order valence-electron chi connectivity index (χ4n) is 5.02. The van der Waals surface area contributed by atoms with Crippen molar-refractivity contribution >= 4 is 17.5 Å². The Bertz CT molecular complexity index is 928. The van der Waals surface area contributed by atoms with Crippen molar-refractivity contribution < 1.29 is 14.4 Å². The molecule has 3 aliphatic carbocycles. The maximum absolute atomic E-state index is 13.0. The van der Waals surface area contributed by atoms with Gasteiger partial charge in [-0.25, -0.2) is 0 Å². The van der Waals surface area contributed by atoms with E-state index in [1.807, 2.05) is 43.0 Å². The Kier molecular flexibility index (Phi) is 6.27. The number of carbonyl (C=O) groups excluding carboxylic acids is 3. The summed E-state index contributed by atoms with van der Waals surface area (Å²) in [4.78, 5) is 39.4. The lowest BCUT2D eigenvalue weighted by Crippen LogP contribution is -2.41. The van der Waals surface area contributed by atoms with E-state index in [4.69, 9.17) is 0 Å². The molecule has 2 saturated carbocycles. The molecule has 1 aliphatic heterocycles. The number of benzene rings is 1. The van der Waals surface area contributed by atoms with Gasteiger partial charge in [0.05, 0.1) is 0 Å². The maximum Gasteiger partial charge on any atom is 0.250 e. The van der Waals surface area contributed by atoms with E-state index >= 15 is 0 Å². The van der Waals surface area contributed by atoms with Crippen molar-refractivity contribution in [3.63, 3.8) is 0 Å². The summed E-state index contributed by atoms with van der Waals surface area (Å²) in [6.07, 6.45) is 8.59. The average Bonchev–Trinajstić information content (AvgIpc) is 3.72. The molecule has 1 heterocycles. The van der Waals surface area contributed by atoms with Crippen LogP contribution in [0.1, 0.15) is 74.7 Å². The van der Waals surface area contributed by atoms with Gasteiger partial charge in [-0.05, 0) is 67.9 Å². The Labute approximate surface area is 185 Å². The van der Waals surface area contributed by atoms with E-state index < -0.39 is 0 Å². The fourth-order valence-corrected chi connectivity index (χ4v) is 5.02. The number of rotatable bonds is 5. The predicted octanol–water partition coefficient (Wildman–Crippen LogP) is 5.10. The van der Waals surface area contributed by atoms with E-state index in [2.05, 4.69) is 12.1 Å². The average molecular weight is 420 g/mol. The number of likely N-dealkylation sites (tertiary alicyclic amines) is 1. The number of amides is 1. The molecule has 4 heteroatoms. The molecule has 0 bridgehead atoms. The number of hydrogen-bond donors (Lipinski definition) is 0. The van der Waals surface area contributed by atoms with Crippen molar-refractivity contribution in [2.75, 3.05) is 13.1 Å². The first-order valence-corrected chi connectivity index (χ1v) is 11.9. The Morgan fingerprint density at radius 2 is 1.42 bits per heavy atom. The molecule has 3 fully saturated rings. The first-order chi connectivity index (χ1) is 15.0. The lowest BCUT2D eigenvalue weighted by molar-refractivity contribution is -0.128. The third-order valence-corrected chi connectivity index (χ3v) is 7.08. The van der Waals surface area contributed by atoms with Gasteiger partial charge >= 0.3 is 0 Å². The molecule has 1 amide bonds. The van der Waals surface area contributed by atoms with Crippen LogP contribution in [0.5, 0.6) is 0 Å². The SMILES string of the molecule is CC.CC(=O)C1=CC=C(C(=O)N2CCC(C(=O)c3ccc(C4CC4)cc3)CC2)C2CC12. The molecule has 2 unspecified atom stereocenters. The lowest BCUT2D eigenvalue weighted by atomic mass is 9.87. The number of fused-ring (bicyclic) bond motifs is 1. The van der Waals surface area contributed by atoms with Crippen molar-refractivity contribution in [2.24, 2.45) is 17.8 Å². The third kappa shape index (κ3) is 4.44. The zero-order valence-electron chi connectivity index (χ0n) is 18.9. The standard InChI is InChI=1S/C25H27NO3.C2H6/c1-15(27)20-8-9-21(23-14-22(20)23)25(29)26-12-10-19(11-13-26)24(28)18-6-4-17(5-7-18)16-2-3-16;1-2/h4-9,16,19,22-23H,2-3,10-14H2,1H3;1-2H3. The molecule has 1 aromatic rings. The predicted molar refractivity (Wildman–Crippen MR) is 122 cm³/mol. The Hall–Kier alpha value is -2.49. The van der Waals surface area contributed by atoms with Gasteiger partial charge in [-0.1, -0.05) is 50.3 Å². The molecule has 4 aliphatic rings. The molecule has 2 atom stereocenters. The van der Waals surface area contributed by atoms with Crippen LogP contribution in [0, 0.1) is 17.8 Å².